The van der Waals surface area contributed by atoms with Gasteiger partial charge in [0.15, 0.2) is 0 Å². The van der Waals surface area contributed by atoms with E-state index < -0.39 is 0 Å². The van der Waals surface area contributed by atoms with Crippen LogP contribution in [0.2, 0.25) is 0 Å². The van der Waals surface area contributed by atoms with Gasteiger partial charge in [-0.3, -0.25) is 9.97 Å². The number of aromatic nitrogens is 4. The molecule has 1 aromatic carbocycles. The molecule has 0 aliphatic rings. The van der Waals surface area contributed by atoms with Gasteiger partial charge < -0.3 is 14.5 Å². The van der Waals surface area contributed by atoms with Crippen LogP contribution >= 0.6 is 0 Å². The number of anilines is 1. The molecule has 29 heavy (non-hydrogen) atoms. The molecule has 0 aliphatic carbocycles. The minimum Gasteiger partial charge on any atom is -0.497 e. The zero-order valence-corrected chi connectivity index (χ0v) is 16.3. The first-order chi connectivity index (χ1) is 14.2. The molecule has 0 atom stereocenters. The molecule has 0 spiro atoms. The van der Waals surface area contributed by atoms with Crippen LogP contribution in [-0.2, 0) is 6.42 Å². The van der Waals surface area contributed by atoms with Crippen molar-refractivity contribution < 1.29 is 9.15 Å². The van der Waals surface area contributed by atoms with E-state index in [1.807, 2.05) is 25.1 Å². The number of rotatable bonds is 7. The Hall–Kier alpha value is -3.74. The van der Waals surface area contributed by atoms with Gasteiger partial charge in [-0.2, -0.15) is 0 Å². The molecule has 4 aromatic rings. The lowest BCUT2D eigenvalue weighted by Crippen LogP contribution is -2.09. The molecule has 0 amide bonds. The number of methoxy groups -OCH3 is 1. The Labute approximate surface area is 168 Å². The Bertz CT molecular complexity index is 1080. The third kappa shape index (κ3) is 4.24. The molecule has 1 N–H and O–H groups in total. The number of ether oxygens (including phenoxy) is 1. The summed E-state index contributed by atoms with van der Waals surface area (Å²) in [5, 5.41) is 3.30. The standard InChI is InChI=1S/C22H21N5O2/c1-15-18(8-12-29-15)21-19(20-14-23-10-11-24-20)13-26-22(27-21)25-9-7-16-3-5-17(28-2)6-4-16/h3-6,8,10-14H,7,9H2,1-2H3,(H,25,26,27). The van der Waals surface area contributed by atoms with Crippen LogP contribution in [0, 0.1) is 6.92 Å². The highest BCUT2D eigenvalue weighted by Crippen LogP contribution is 2.31. The van der Waals surface area contributed by atoms with Gasteiger partial charge >= 0.3 is 0 Å². The number of nitrogens with one attached hydrogen (secondary N) is 1. The summed E-state index contributed by atoms with van der Waals surface area (Å²) in [4.78, 5) is 17.8. The first-order valence-electron chi connectivity index (χ1n) is 9.29. The van der Waals surface area contributed by atoms with E-state index in [9.17, 15) is 0 Å². The third-order valence-corrected chi connectivity index (χ3v) is 4.60. The van der Waals surface area contributed by atoms with Gasteiger partial charge in [-0.15, -0.1) is 0 Å². The minimum atomic E-state index is 0.557. The molecule has 0 saturated carbocycles. The Morgan fingerprint density at radius 1 is 1.00 bits per heavy atom. The lowest BCUT2D eigenvalue weighted by atomic mass is 10.1. The third-order valence-electron chi connectivity index (χ3n) is 4.60. The Morgan fingerprint density at radius 3 is 2.55 bits per heavy atom. The van der Waals surface area contributed by atoms with Crippen LogP contribution in [0.15, 0.2) is 65.8 Å². The molecular formula is C22H21N5O2. The van der Waals surface area contributed by atoms with Crippen molar-refractivity contribution in [2.24, 2.45) is 0 Å². The van der Waals surface area contributed by atoms with Gasteiger partial charge in [-0.05, 0) is 37.1 Å². The highest BCUT2D eigenvalue weighted by molar-refractivity contribution is 5.79. The van der Waals surface area contributed by atoms with E-state index in [1.165, 1.54) is 5.56 Å². The smallest absolute Gasteiger partial charge is 0.223 e. The fraction of sp³-hybridized carbons (Fsp3) is 0.182. The number of nitrogens with zero attached hydrogens (tertiary/aromatic N) is 4. The summed E-state index contributed by atoms with van der Waals surface area (Å²) in [7, 11) is 1.66. The average molecular weight is 387 g/mol. The largest absolute Gasteiger partial charge is 0.497 e. The van der Waals surface area contributed by atoms with Crippen LogP contribution in [-0.4, -0.2) is 33.6 Å². The molecule has 4 rings (SSSR count). The second-order valence-electron chi connectivity index (χ2n) is 6.46. The van der Waals surface area contributed by atoms with E-state index in [4.69, 9.17) is 14.1 Å². The Morgan fingerprint density at radius 2 is 1.86 bits per heavy atom. The summed E-state index contributed by atoms with van der Waals surface area (Å²) in [6.07, 6.45) is 9.27. The van der Waals surface area contributed by atoms with Crippen molar-refractivity contribution in [1.82, 2.24) is 19.9 Å². The molecule has 0 aliphatic heterocycles. The Kier molecular flexibility index (Phi) is 5.47. The summed E-state index contributed by atoms with van der Waals surface area (Å²) >= 11 is 0. The van der Waals surface area contributed by atoms with Crippen molar-refractivity contribution in [3.8, 4) is 28.3 Å². The molecule has 0 saturated heterocycles. The molecule has 7 heteroatoms. The number of hydrogen-bond acceptors (Lipinski definition) is 7. The van der Waals surface area contributed by atoms with E-state index in [-0.39, 0.29) is 0 Å². The van der Waals surface area contributed by atoms with Crippen molar-refractivity contribution in [1.29, 1.82) is 0 Å². The average Bonchev–Trinajstić information content (AvgIpc) is 3.20. The maximum absolute atomic E-state index is 5.48. The summed E-state index contributed by atoms with van der Waals surface area (Å²) in [5.74, 6) is 2.20. The van der Waals surface area contributed by atoms with Crippen molar-refractivity contribution in [2.45, 2.75) is 13.3 Å². The molecular weight excluding hydrogens is 366 g/mol. The van der Waals surface area contributed by atoms with E-state index in [1.54, 1.807) is 38.2 Å². The van der Waals surface area contributed by atoms with Crippen LogP contribution in [0.5, 0.6) is 5.75 Å². The van der Waals surface area contributed by atoms with E-state index in [2.05, 4.69) is 32.4 Å². The number of hydrogen-bond donors (Lipinski definition) is 1. The first-order valence-corrected chi connectivity index (χ1v) is 9.29. The highest BCUT2D eigenvalue weighted by Gasteiger charge is 2.16. The summed E-state index contributed by atoms with van der Waals surface area (Å²) in [6.45, 7) is 2.62. The van der Waals surface area contributed by atoms with Gasteiger partial charge in [-0.1, -0.05) is 12.1 Å². The van der Waals surface area contributed by atoms with E-state index >= 15 is 0 Å². The van der Waals surface area contributed by atoms with E-state index in [0.29, 0.717) is 18.2 Å². The van der Waals surface area contributed by atoms with Crippen LogP contribution in [0.1, 0.15) is 11.3 Å². The van der Waals surface area contributed by atoms with Gasteiger partial charge in [0.25, 0.3) is 0 Å². The molecule has 0 unspecified atom stereocenters. The minimum absolute atomic E-state index is 0.557. The van der Waals surface area contributed by atoms with Crippen molar-refractivity contribution >= 4 is 5.95 Å². The van der Waals surface area contributed by atoms with Crippen LogP contribution in [0.4, 0.5) is 5.95 Å². The predicted molar refractivity (Wildman–Crippen MR) is 111 cm³/mol. The van der Waals surface area contributed by atoms with Crippen molar-refractivity contribution in [2.75, 3.05) is 19.0 Å². The van der Waals surface area contributed by atoms with Crippen molar-refractivity contribution in [3.63, 3.8) is 0 Å². The fourth-order valence-corrected chi connectivity index (χ4v) is 3.04. The molecule has 0 radical (unpaired) electrons. The molecule has 7 nitrogen and oxygen atoms in total. The van der Waals surface area contributed by atoms with Gasteiger partial charge in [0, 0.05) is 36.3 Å². The number of benzene rings is 1. The fourth-order valence-electron chi connectivity index (χ4n) is 3.04. The molecule has 0 bridgehead atoms. The molecule has 0 fully saturated rings. The maximum atomic E-state index is 5.48. The van der Waals surface area contributed by atoms with Gasteiger partial charge in [0.1, 0.15) is 11.5 Å². The van der Waals surface area contributed by atoms with Crippen LogP contribution < -0.4 is 10.1 Å². The predicted octanol–water partition coefficient (Wildman–Crippen LogP) is 4.17. The van der Waals surface area contributed by atoms with Gasteiger partial charge in [0.2, 0.25) is 5.95 Å². The summed E-state index contributed by atoms with van der Waals surface area (Å²) < 4.78 is 10.7. The monoisotopic (exact) mass is 387 g/mol. The Balaban J connectivity index is 1.56. The highest BCUT2D eigenvalue weighted by atomic mass is 16.5. The quantitative estimate of drug-likeness (QED) is 0.509. The number of furan rings is 1. The normalized spacial score (nSPS) is 10.7. The topological polar surface area (TPSA) is 86.0 Å². The van der Waals surface area contributed by atoms with Crippen LogP contribution in [0.3, 0.4) is 0 Å². The zero-order chi connectivity index (χ0) is 20.1. The van der Waals surface area contributed by atoms with Gasteiger partial charge in [0.05, 0.1) is 31.0 Å². The van der Waals surface area contributed by atoms with Crippen LogP contribution in [0.25, 0.3) is 22.5 Å². The second kappa shape index (κ2) is 8.52. The number of aryl methyl sites for hydroxylation is 1. The SMILES string of the molecule is COc1ccc(CCNc2ncc(-c3cnccn3)c(-c3ccoc3C)n2)cc1. The summed E-state index contributed by atoms with van der Waals surface area (Å²) in [5.41, 5.74) is 4.40. The second-order valence-corrected chi connectivity index (χ2v) is 6.46. The maximum Gasteiger partial charge on any atom is 0.223 e. The summed E-state index contributed by atoms with van der Waals surface area (Å²) in [6, 6.07) is 9.93. The lowest BCUT2D eigenvalue weighted by Gasteiger charge is -2.11. The zero-order valence-electron chi connectivity index (χ0n) is 16.3. The van der Waals surface area contributed by atoms with Gasteiger partial charge in [-0.25, -0.2) is 9.97 Å². The van der Waals surface area contributed by atoms with E-state index in [0.717, 1.165) is 34.8 Å². The molecule has 3 aromatic heterocycles. The first kappa shape index (κ1) is 18.6. The van der Waals surface area contributed by atoms with Crippen molar-refractivity contribution in [3.05, 3.63) is 72.7 Å². The molecule has 146 valence electrons. The molecule has 3 heterocycles. The lowest BCUT2D eigenvalue weighted by molar-refractivity contribution is 0.414.